The van der Waals surface area contributed by atoms with Gasteiger partial charge in [0.2, 0.25) is 0 Å². The Bertz CT molecular complexity index is 599. The first kappa shape index (κ1) is 13.6. The minimum atomic E-state index is -0.496. The van der Waals surface area contributed by atoms with E-state index in [9.17, 15) is 10.1 Å². The molecule has 0 spiro atoms. The summed E-state index contributed by atoms with van der Waals surface area (Å²) in [5, 5.41) is 10.8. The molecule has 0 aliphatic rings. The molecule has 0 fully saturated rings. The molecule has 0 radical (unpaired) electrons. The van der Waals surface area contributed by atoms with Crippen LogP contribution in [0.3, 0.4) is 0 Å². The Balaban J connectivity index is 2.09. The molecule has 6 heteroatoms. The highest BCUT2D eigenvalue weighted by atomic mass is 127. The van der Waals surface area contributed by atoms with Crippen molar-refractivity contribution in [3.63, 3.8) is 0 Å². The van der Waals surface area contributed by atoms with Crippen LogP contribution in [-0.2, 0) is 6.61 Å². The maximum Gasteiger partial charge on any atom is 0.292 e. The van der Waals surface area contributed by atoms with Gasteiger partial charge in [-0.25, -0.2) is 0 Å². The van der Waals surface area contributed by atoms with Crippen molar-refractivity contribution in [1.82, 2.24) is 0 Å². The van der Waals surface area contributed by atoms with Crippen molar-refractivity contribution in [2.45, 2.75) is 6.61 Å². The van der Waals surface area contributed by atoms with Gasteiger partial charge in [0.05, 0.1) is 4.92 Å². The molecule has 2 aromatic carbocycles. The summed E-state index contributed by atoms with van der Waals surface area (Å²) < 4.78 is 6.67. The maximum absolute atomic E-state index is 10.8. The molecule has 5 nitrogen and oxygen atoms in total. The fourth-order valence-electron chi connectivity index (χ4n) is 1.53. The number of nitro benzene ring substituents is 1. The van der Waals surface area contributed by atoms with Gasteiger partial charge in [0, 0.05) is 9.64 Å². The summed E-state index contributed by atoms with van der Waals surface area (Å²) in [6.07, 6.45) is 0. The first-order valence-electron chi connectivity index (χ1n) is 5.47. The number of nitrogens with zero attached hydrogens (tertiary/aromatic N) is 1. The zero-order valence-electron chi connectivity index (χ0n) is 9.88. The van der Waals surface area contributed by atoms with Crippen LogP contribution in [0.2, 0.25) is 0 Å². The molecule has 0 bridgehead atoms. The van der Waals surface area contributed by atoms with E-state index < -0.39 is 4.92 Å². The summed E-state index contributed by atoms with van der Waals surface area (Å²) in [5.74, 6) is 0.722. The topological polar surface area (TPSA) is 78.4 Å². The number of halogens is 1. The van der Waals surface area contributed by atoms with Gasteiger partial charge in [0.15, 0.2) is 0 Å². The molecule has 0 unspecified atom stereocenters. The molecule has 98 valence electrons. The number of anilines is 1. The highest BCUT2D eigenvalue weighted by molar-refractivity contribution is 14.1. The molecule has 0 amide bonds. The van der Waals surface area contributed by atoms with Crippen molar-refractivity contribution in [1.29, 1.82) is 0 Å². The molecule has 0 aliphatic carbocycles. The van der Waals surface area contributed by atoms with Crippen molar-refractivity contribution < 1.29 is 9.66 Å². The van der Waals surface area contributed by atoms with Gasteiger partial charge in [-0.2, -0.15) is 0 Å². The van der Waals surface area contributed by atoms with Crippen LogP contribution in [0, 0.1) is 13.7 Å². The number of nitrogen functional groups attached to an aromatic ring is 1. The summed E-state index contributed by atoms with van der Waals surface area (Å²) >= 11 is 2.21. The number of benzene rings is 2. The van der Waals surface area contributed by atoms with Crippen molar-refractivity contribution >= 4 is 34.0 Å². The van der Waals surface area contributed by atoms with Crippen LogP contribution >= 0.6 is 22.6 Å². The number of rotatable bonds is 4. The third-order valence-electron chi connectivity index (χ3n) is 2.51. The lowest BCUT2D eigenvalue weighted by atomic mass is 10.2. The third kappa shape index (κ3) is 3.57. The first-order chi connectivity index (χ1) is 9.06. The lowest BCUT2D eigenvalue weighted by Gasteiger charge is -2.07. The minimum absolute atomic E-state index is 0.0938. The summed E-state index contributed by atoms with van der Waals surface area (Å²) in [6, 6.07) is 12.2. The van der Waals surface area contributed by atoms with E-state index in [1.54, 1.807) is 6.07 Å². The molecule has 0 heterocycles. The highest BCUT2D eigenvalue weighted by Gasteiger charge is 2.11. The molecule has 19 heavy (non-hydrogen) atoms. The smallest absolute Gasteiger partial charge is 0.292 e. The number of hydrogen-bond donors (Lipinski definition) is 1. The molecule has 0 saturated heterocycles. The van der Waals surface area contributed by atoms with E-state index in [1.165, 1.54) is 12.1 Å². The van der Waals surface area contributed by atoms with Gasteiger partial charge in [-0.3, -0.25) is 10.1 Å². The largest absolute Gasteiger partial charge is 0.489 e. The van der Waals surface area contributed by atoms with E-state index in [0.717, 1.165) is 9.32 Å². The summed E-state index contributed by atoms with van der Waals surface area (Å²) in [4.78, 5) is 10.3. The SMILES string of the molecule is Nc1ccc(COc2ccc(I)cc2)cc1[N+](=O)[O-]. The quantitative estimate of drug-likeness (QED) is 0.388. The van der Waals surface area contributed by atoms with Crippen molar-refractivity contribution in [3.05, 3.63) is 61.7 Å². The van der Waals surface area contributed by atoms with Crippen molar-refractivity contribution in [2.24, 2.45) is 0 Å². The van der Waals surface area contributed by atoms with Crippen LogP contribution in [0.15, 0.2) is 42.5 Å². The van der Waals surface area contributed by atoms with Crippen molar-refractivity contribution in [2.75, 3.05) is 5.73 Å². The summed E-state index contributed by atoms with van der Waals surface area (Å²) in [7, 11) is 0. The lowest BCUT2D eigenvalue weighted by molar-refractivity contribution is -0.384. The Labute approximate surface area is 123 Å². The second-order valence-electron chi connectivity index (χ2n) is 3.89. The Morgan fingerprint density at radius 2 is 1.89 bits per heavy atom. The standard InChI is InChI=1S/C13H11IN2O3/c14-10-2-4-11(5-3-10)19-8-9-1-6-12(15)13(7-9)16(17)18/h1-7H,8,15H2. The van der Waals surface area contributed by atoms with Crippen molar-refractivity contribution in [3.8, 4) is 5.75 Å². The van der Waals surface area contributed by atoms with E-state index in [1.807, 2.05) is 24.3 Å². The highest BCUT2D eigenvalue weighted by Crippen LogP contribution is 2.23. The molecule has 0 saturated carbocycles. The van der Waals surface area contributed by atoms with E-state index in [2.05, 4.69) is 22.6 Å². The Morgan fingerprint density at radius 3 is 2.53 bits per heavy atom. The molecule has 0 aliphatic heterocycles. The second-order valence-corrected chi connectivity index (χ2v) is 5.14. The van der Waals surface area contributed by atoms with Crippen LogP contribution in [0.1, 0.15) is 5.56 Å². The molecule has 2 aromatic rings. The maximum atomic E-state index is 10.8. The van der Waals surface area contributed by atoms with Gasteiger partial charge < -0.3 is 10.5 Å². The van der Waals surface area contributed by atoms with Crippen LogP contribution in [0.5, 0.6) is 5.75 Å². The van der Waals surface area contributed by atoms with E-state index in [4.69, 9.17) is 10.5 Å². The van der Waals surface area contributed by atoms with Gasteiger partial charge in [0.25, 0.3) is 5.69 Å². The van der Waals surface area contributed by atoms with Crippen LogP contribution in [0.4, 0.5) is 11.4 Å². The van der Waals surface area contributed by atoms with E-state index >= 15 is 0 Å². The van der Waals surface area contributed by atoms with Crippen LogP contribution in [0.25, 0.3) is 0 Å². The van der Waals surface area contributed by atoms with Crippen LogP contribution in [-0.4, -0.2) is 4.92 Å². The monoisotopic (exact) mass is 370 g/mol. The number of nitrogens with two attached hydrogens (primary N) is 1. The number of nitro groups is 1. The Kier molecular flexibility index (Phi) is 4.20. The third-order valence-corrected chi connectivity index (χ3v) is 3.23. The molecule has 2 N–H and O–H groups in total. The lowest BCUT2D eigenvalue weighted by Crippen LogP contribution is -2.00. The van der Waals surface area contributed by atoms with Gasteiger partial charge in [0.1, 0.15) is 18.0 Å². The first-order valence-corrected chi connectivity index (χ1v) is 6.55. The molecular formula is C13H11IN2O3. The normalized spacial score (nSPS) is 10.2. The average Bonchev–Trinajstić information content (AvgIpc) is 2.39. The zero-order valence-corrected chi connectivity index (χ0v) is 12.0. The number of ether oxygens (including phenoxy) is 1. The fourth-order valence-corrected chi connectivity index (χ4v) is 1.89. The van der Waals surface area contributed by atoms with Crippen LogP contribution < -0.4 is 10.5 Å². The molecule has 0 aromatic heterocycles. The predicted molar refractivity (Wildman–Crippen MR) is 81.0 cm³/mol. The fraction of sp³-hybridized carbons (Fsp3) is 0.0769. The summed E-state index contributed by atoms with van der Waals surface area (Å²) in [6.45, 7) is 0.266. The van der Waals surface area contributed by atoms with Gasteiger partial charge in [-0.1, -0.05) is 6.07 Å². The summed E-state index contributed by atoms with van der Waals surface area (Å²) in [5.41, 5.74) is 6.30. The van der Waals surface area contributed by atoms with Gasteiger partial charge in [-0.15, -0.1) is 0 Å². The minimum Gasteiger partial charge on any atom is -0.489 e. The number of hydrogen-bond acceptors (Lipinski definition) is 4. The average molecular weight is 370 g/mol. The Morgan fingerprint density at radius 1 is 1.21 bits per heavy atom. The second kappa shape index (κ2) is 5.87. The zero-order chi connectivity index (χ0) is 13.8. The molecular weight excluding hydrogens is 359 g/mol. The Hall–Kier alpha value is -1.83. The van der Waals surface area contributed by atoms with Gasteiger partial charge >= 0.3 is 0 Å². The molecule has 0 atom stereocenters. The van der Waals surface area contributed by atoms with Gasteiger partial charge in [-0.05, 0) is 58.5 Å². The van der Waals surface area contributed by atoms with E-state index in [0.29, 0.717) is 5.56 Å². The predicted octanol–water partition coefficient (Wildman–Crippen LogP) is 3.36. The van der Waals surface area contributed by atoms with E-state index in [-0.39, 0.29) is 18.0 Å². The molecule has 2 rings (SSSR count).